The molecule has 2 aromatic heterocycles. The lowest BCUT2D eigenvalue weighted by molar-refractivity contribution is -0.118. The molecule has 0 fully saturated rings. The number of anilines is 1. The van der Waals surface area contributed by atoms with E-state index in [2.05, 4.69) is 15.5 Å². The Morgan fingerprint density at radius 2 is 1.93 bits per heavy atom. The number of nitrogens with zero attached hydrogens (tertiary/aromatic N) is 2. The number of aromatic nitrogens is 2. The van der Waals surface area contributed by atoms with Gasteiger partial charge in [0.1, 0.15) is 5.75 Å². The summed E-state index contributed by atoms with van der Waals surface area (Å²) in [6, 6.07) is 18.7. The zero-order chi connectivity index (χ0) is 19.3. The number of thiophene rings is 1. The highest BCUT2D eigenvalue weighted by Crippen LogP contribution is 2.29. The summed E-state index contributed by atoms with van der Waals surface area (Å²) in [5.41, 5.74) is 2.37. The Hall–Kier alpha value is -3.45. The highest BCUT2D eigenvalue weighted by atomic mass is 32.1. The van der Waals surface area contributed by atoms with Crippen LogP contribution in [0.2, 0.25) is 0 Å². The summed E-state index contributed by atoms with van der Waals surface area (Å²) in [5, 5.41) is 8.82. The van der Waals surface area contributed by atoms with Crippen LogP contribution in [0.3, 0.4) is 0 Å². The van der Waals surface area contributed by atoms with Gasteiger partial charge in [-0.1, -0.05) is 41.1 Å². The van der Waals surface area contributed by atoms with Crippen molar-refractivity contribution in [2.75, 3.05) is 11.9 Å². The molecule has 1 N–H and O–H groups in total. The molecule has 4 rings (SSSR count). The van der Waals surface area contributed by atoms with Crippen molar-refractivity contribution in [2.24, 2.45) is 0 Å². The number of benzene rings is 2. The van der Waals surface area contributed by atoms with Gasteiger partial charge in [-0.25, -0.2) is 0 Å². The van der Waals surface area contributed by atoms with Crippen molar-refractivity contribution in [1.82, 2.24) is 10.1 Å². The van der Waals surface area contributed by atoms with Crippen LogP contribution in [-0.4, -0.2) is 22.7 Å². The Morgan fingerprint density at radius 3 is 2.71 bits per heavy atom. The zero-order valence-electron chi connectivity index (χ0n) is 15.1. The van der Waals surface area contributed by atoms with E-state index in [4.69, 9.17) is 9.26 Å². The minimum Gasteiger partial charge on any atom is -0.484 e. The SMILES string of the molecule is Cc1ccc(OCC(=O)Nc2ccccc2-c2nc(-c3cccs3)no2)cc1. The molecule has 0 saturated carbocycles. The summed E-state index contributed by atoms with van der Waals surface area (Å²) in [6.45, 7) is 1.90. The van der Waals surface area contributed by atoms with Crippen LogP contribution in [0.1, 0.15) is 5.56 Å². The minimum atomic E-state index is -0.272. The molecule has 2 aromatic carbocycles. The maximum absolute atomic E-state index is 12.3. The van der Waals surface area contributed by atoms with Crippen LogP contribution < -0.4 is 10.1 Å². The van der Waals surface area contributed by atoms with Crippen LogP contribution in [0.5, 0.6) is 5.75 Å². The third-order valence-corrected chi connectivity index (χ3v) is 4.86. The molecule has 0 radical (unpaired) electrons. The number of para-hydroxylation sites is 1. The molecule has 2 heterocycles. The predicted octanol–water partition coefficient (Wildman–Crippen LogP) is 4.79. The fourth-order valence-electron chi connectivity index (χ4n) is 2.59. The Kier molecular flexibility index (Phi) is 5.16. The zero-order valence-corrected chi connectivity index (χ0v) is 15.9. The van der Waals surface area contributed by atoms with Gasteiger partial charge in [0.15, 0.2) is 6.61 Å². The molecular weight excluding hydrogens is 374 g/mol. The lowest BCUT2D eigenvalue weighted by Crippen LogP contribution is -2.20. The first-order valence-electron chi connectivity index (χ1n) is 8.65. The molecule has 6 nitrogen and oxygen atoms in total. The van der Waals surface area contributed by atoms with Crippen molar-refractivity contribution >= 4 is 22.9 Å². The summed E-state index contributed by atoms with van der Waals surface area (Å²) in [6.07, 6.45) is 0. The number of amides is 1. The number of carbonyl (C=O) groups excluding carboxylic acids is 1. The second-order valence-corrected chi connectivity index (χ2v) is 7.04. The monoisotopic (exact) mass is 391 g/mol. The van der Waals surface area contributed by atoms with Crippen LogP contribution in [0.15, 0.2) is 70.6 Å². The Morgan fingerprint density at radius 1 is 1.11 bits per heavy atom. The van der Waals surface area contributed by atoms with Gasteiger partial charge < -0.3 is 14.6 Å². The van der Waals surface area contributed by atoms with Crippen LogP contribution >= 0.6 is 11.3 Å². The van der Waals surface area contributed by atoms with E-state index in [9.17, 15) is 4.79 Å². The van der Waals surface area contributed by atoms with Crippen molar-refractivity contribution in [3.05, 3.63) is 71.6 Å². The van der Waals surface area contributed by atoms with Gasteiger partial charge in [0, 0.05) is 0 Å². The third kappa shape index (κ3) is 4.10. The molecule has 0 bridgehead atoms. The fourth-order valence-corrected chi connectivity index (χ4v) is 3.24. The summed E-state index contributed by atoms with van der Waals surface area (Å²) in [7, 11) is 0. The smallest absolute Gasteiger partial charge is 0.262 e. The molecule has 0 aliphatic rings. The standard InChI is InChI=1S/C21H17N3O3S/c1-14-8-10-15(11-9-14)26-13-19(25)22-17-6-3-2-5-16(17)21-23-20(24-27-21)18-7-4-12-28-18/h2-12H,13H2,1H3,(H,22,25). The number of hydrogen-bond donors (Lipinski definition) is 1. The molecule has 28 heavy (non-hydrogen) atoms. The number of carbonyl (C=O) groups is 1. The van der Waals surface area contributed by atoms with Gasteiger partial charge in [0.25, 0.3) is 11.8 Å². The highest BCUT2D eigenvalue weighted by molar-refractivity contribution is 7.13. The molecule has 4 aromatic rings. The van der Waals surface area contributed by atoms with Gasteiger partial charge in [0.2, 0.25) is 5.82 Å². The lowest BCUT2D eigenvalue weighted by Gasteiger charge is -2.10. The quantitative estimate of drug-likeness (QED) is 0.511. The summed E-state index contributed by atoms with van der Waals surface area (Å²) in [4.78, 5) is 17.7. The van der Waals surface area contributed by atoms with E-state index in [0.29, 0.717) is 28.7 Å². The van der Waals surface area contributed by atoms with Crippen molar-refractivity contribution in [3.8, 4) is 27.9 Å². The minimum absolute atomic E-state index is 0.0956. The van der Waals surface area contributed by atoms with E-state index in [1.54, 1.807) is 6.07 Å². The summed E-state index contributed by atoms with van der Waals surface area (Å²) < 4.78 is 10.9. The van der Waals surface area contributed by atoms with E-state index in [-0.39, 0.29) is 12.5 Å². The lowest BCUT2D eigenvalue weighted by atomic mass is 10.1. The summed E-state index contributed by atoms with van der Waals surface area (Å²) in [5.74, 6) is 1.24. The van der Waals surface area contributed by atoms with Crippen molar-refractivity contribution in [1.29, 1.82) is 0 Å². The first-order chi connectivity index (χ1) is 13.7. The highest BCUT2D eigenvalue weighted by Gasteiger charge is 2.16. The van der Waals surface area contributed by atoms with Gasteiger partial charge in [-0.2, -0.15) is 4.98 Å². The largest absolute Gasteiger partial charge is 0.484 e. The van der Waals surface area contributed by atoms with Crippen LogP contribution in [-0.2, 0) is 4.79 Å². The molecular formula is C21H17N3O3S. The average molecular weight is 391 g/mol. The van der Waals surface area contributed by atoms with E-state index >= 15 is 0 Å². The second-order valence-electron chi connectivity index (χ2n) is 6.10. The Labute approximate surface area is 165 Å². The van der Waals surface area contributed by atoms with Crippen LogP contribution in [0, 0.1) is 6.92 Å². The molecule has 7 heteroatoms. The van der Waals surface area contributed by atoms with Gasteiger partial charge in [-0.15, -0.1) is 11.3 Å². The number of ether oxygens (including phenoxy) is 1. The van der Waals surface area contributed by atoms with Gasteiger partial charge in [-0.05, 0) is 42.6 Å². The van der Waals surface area contributed by atoms with Crippen molar-refractivity contribution in [3.63, 3.8) is 0 Å². The van der Waals surface area contributed by atoms with E-state index in [0.717, 1.165) is 10.4 Å². The Balaban J connectivity index is 1.47. The molecule has 0 saturated heterocycles. The molecule has 0 atom stereocenters. The Bertz CT molecular complexity index is 1070. The normalized spacial score (nSPS) is 10.6. The molecule has 1 amide bonds. The van der Waals surface area contributed by atoms with Crippen molar-refractivity contribution < 1.29 is 14.1 Å². The first-order valence-corrected chi connectivity index (χ1v) is 9.53. The van der Waals surface area contributed by atoms with Crippen LogP contribution in [0.4, 0.5) is 5.69 Å². The average Bonchev–Trinajstić information content (AvgIpc) is 3.40. The molecule has 0 unspecified atom stereocenters. The van der Waals surface area contributed by atoms with Crippen LogP contribution in [0.25, 0.3) is 22.2 Å². The maximum Gasteiger partial charge on any atom is 0.262 e. The first kappa shape index (κ1) is 17.9. The number of rotatable bonds is 6. The fraction of sp³-hybridized carbons (Fsp3) is 0.0952. The molecule has 0 aliphatic carbocycles. The van der Waals surface area contributed by atoms with E-state index in [1.165, 1.54) is 11.3 Å². The molecule has 140 valence electrons. The van der Waals surface area contributed by atoms with E-state index in [1.807, 2.05) is 66.9 Å². The molecule has 0 aliphatic heterocycles. The van der Waals surface area contributed by atoms with Gasteiger partial charge in [0.05, 0.1) is 16.1 Å². The predicted molar refractivity (Wildman–Crippen MR) is 108 cm³/mol. The number of nitrogens with one attached hydrogen (secondary N) is 1. The topological polar surface area (TPSA) is 77.2 Å². The maximum atomic E-state index is 12.3. The van der Waals surface area contributed by atoms with E-state index < -0.39 is 0 Å². The third-order valence-electron chi connectivity index (χ3n) is 3.99. The van der Waals surface area contributed by atoms with Gasteiger partial charge >= 0.3 is 0 Å². The second kappa shape index (κ2) is 8.06. The summed E-state index contributed by atoms with van der Waals surface area (Å²) >= 11 is 1.53. The molecule has 0 spiro atoms. The number of hydrogen-bond acceptors (Lipinski definition) is 6. The number of aryl methyl sites for hydroxylation is 1. The van der Waals surface area contributed by atoms with Crippen molar-refractivity contribution in [2.45, 2.75) is 6.92 Å². The van der Waals surface area contributed by atoms with Gasteiger partial charge in [-0.3, -0.25) is 4.79 Å².